The number of aromatic amines is 1. The van der Waals surface area contributed by atoms with Crippen LogP contribution in [0.4, 0.5) is 0 Å². The summed E-state index contributed by atoms with van der Waals surface area (Å²) in [6.45, 7) is 0. The van der Waals surface area contributed by atoms with Gasteiger partial charge in [0, 0.05) is 17.3 Å². The number of sulfonamides is 1. The maximum atomic E-state index is 11.9. The molecule has 2 aromatic carbocycles. The predicted molar refractivity (Wildman–Crippen MR) is 97.4 cm³/mol. The Labute approximate surface area is 154 Å². The maximum Gasteiger partial charge on any atom is 0.238 e. The van der Waals surface area contributed by atoms with E-state index in [0.29, 0.717) is 38.2 Å². The van der Waals surface area contributed by atoms with Gasteiger partial charge in [-0.05, 0) is 23.8 Å². The van der Waals surface area contributed by atoms with Crippen LogP contribution in [0.2, 0.25) is 10.0 Å². The zero-order valence-corrected chi connectivity index (χ0v) is 15.3. The second kappa shape index (κ2) is 6.68. The van der Waals surface area contributed by atoms with E-state index in [-0.39, 0.29) is 4.90 Å². The molecule has 0 atom stereocenters. The first-order chi connectivity index (χ1) is 11.8. The van der Waals surface area contributed by atoms with Gasteiger partial charge in [-0.25, -0.2) is 13.6 Å². The number of halogens is 2. The fourth-order valence-electron chi connectivity index (χ4n) is 2.54. The standard InChI is InChI=1S/C16H13Cl2N3O3S/c1-24-16-12(17)6-9(7-13(16)18)11-8-20-21-15(11)10-4-2-3-5-14(10)25(19,22)23/h2-8H,1H3,(H,20,21)(H2,19,22,23). The minimum absolute atomic E-state index is 0.0194. The number of methoxy groups -OCH3 is 1. The number of ether oxygens (including phenoxy) is 1. The monoisotopic (exact) mass is 397 g/mol. The largest absolute Gasteiger partial charge is 0.494 e. The third-order valence-corrected chi connectivity index (χ3v) is 5.13. The summed E-state index contributed by atoms with van der Waals surface area (Å²) in [5, 5.41) is 12.9. The first-order valence-electron chi connectivity index (χ1n) is 7.02. The van der Waals surface area contributed by atoms with Crippen molar-refractivity contribution >= 4 is 33.2 Å². The summed E-state index contributed by atoms with van der Waals surface area (Å²) in [4.78, 5) is -0.0194. The van der Waals surface area contributed by atoms with Crippen molar-refractivity contribution in [3.05, 3.63) is 52.6 Å². The Hall–Kier alpha value is -2.06. The molecular formula is C16H13Cl2N3O3S. The van der Waals surface area contributed by atoms with E-state index in [4.69, 9.17) is 33.1 Å². The molecule has 1 heterocycles. The molecule has 0 fully saturated rings. The lowest BCUT2D eigenvalue weighted by molar-refractivity contribution is 0.415. The molecule has 0 unspecified atom stereocenters. The van der Waals surface area contributed by atoms with Gasteiger partial charge in [0.25, 0.3) is 0 Å². The Balaban J connectivity index is 2.22. The quantitative estimate of drug-likeness (QED) is 0.700. The number of H-pyrrole nitrogens is 1. The minimum Gasteiger partial charge on any atom is -0.494 e. The van der Waals surface area contributed by atoms with Gasteiger partial charge < -0.3 is 4.74 Å². The lowest BCUT2D eigenvalue weighted by Gasteiger charge is -2.10. The van der Waals surface area contributed by atoms with Crippen LogP contribution in [-0.4, -0.2) is 25.7 Å². The highest BCUT2D eigenvalue weighted by Gasteiger charge is 2.20. The Bertz CT molecular complexity index is 1030. The highest BCUT2D eigenvalue weighted by atomic mass is 35.5. The van der Waals surface area contributed by atoms with E-state index in [0.717, 1.165) is 0 Å². The van der Waals surface area contributed by atoms with Crippen molar-refractivity contribution in [1.29, 1.82) is 0 Å². The van der Waals surface area contributed by atoms with Crippen LogP contribution < -0.4 is 9.88 Å². The van der Waals surface area contributed by atoms with Crippen molar-refractivity contribution in [3.8, 4) is 28.1 Å². The lowest BCUT2D eigenvalue weighted by atomic mass is 10.0. The maximum absolute atomic E-state index is 11.9. The van der Waals surface area contributed by atoms with E-state index in [1.54, 1.807) is 36.5 Å². The number of hydrogen-bond donors (Lipinski definition) is 2. The Morgan fingerprint density at radius 2 is 1.76 bits per heavy atom. The van der Waals surface area contributed by atoms with Gasteiger partial charge in [-0.15, -0.1) is 0 Å². The first kappa shape index (κ1) is 17.8. The van der Waals surface area contributed by atoms with Crippen molar-refractivity contribution < 1.29 is 13.2 Å². The van der Waals surface area contributed by atoms with Crippen LogP contribution in [-0.2, 0) is 10.0 Å². The van der Waals surface area contributed by atoms with E-state index in [9.17, 15) is 8.42 Å². The molecular weight excluding hydrogens is 385 g/mol. The van der Waals surface area contributed by atoms with Crippen LogP contribution in [0.3, 0.4) is 0 Å². The van der Waals surface area contributed by atoms with Crippen molar-refractivity contribution in [3.63, 3.8) is 0 Å². The summed E-state index contributed by atoms with van der Waals surface area (Å²) in [6.07, 6.45) is 1.63. The molecule has 0 aliphatic heterocycles. The van der Waals surface area contributed by atoms with Crippen LogP contribution in [0.5, 0.6) is 5.75 Å². The SMILES string of the molecule is COc1c(Cl)cc(-c2c[nH]nc2-c2ccccc2S(N)(=O)=O)cc1Cl. The summed E-state index contributed by atoms with van der Waals surface area (Å²) in [7, 11) is -2.44. The third-order valence-electron chi connectivity index (χ3n) is 3.60. The molecule has 0 aliphatic rings. The lowest BCUT2D eigenvalue weighted by Crippen LogP contribution is -2.13. The number of nitrogens with one attached hydrogen (secondary N) is 1. The second-order valence-corrected chi connectivity index (χ2v) is 7.51. The molecule has 130 valence electrons. The van der Waals surface area contributed by atoms with Crippen LogP contribution >= 0.6 is 23.2 Å². The van der Waals surface area contributed by atoms with Crippen LogP contribution in [0.1, 0.15) is 0 Å². The van der Waals surface area contributed by atoms with Crippen LogP contribution in [0, 0.1) is 0 Å². The fraction of sp³-hybridized carbons (Fsp3) is 0.0625. The average Bonchev–Trinajstić information content (AvgIpc) is 3.03. The molecule has 9 heteroatoms. The number of hydrogen-bond acceptors (Lipinski definition) is 4. The van der Waals surface area contributed by atoms with E-state index in [1.807, 2.05) is 0 Å². The fourth-order valence-corrected chi connectivity index (χ4v) is 3.92. The smallest absolute Gasteiger partial charge is 0.238 e. The molecule has 3 rings (SSSR count). The van der Waals surface area contributed by atoms with E-state index in [2.05, 4.69) is 10.2 Å². The normalized spacial score (nSPS) is 11.5. The molecule has 3 aromatic rings. The van der Waals surface area contributed by atoms with E-state index < -0.39 is 10.0 Å². The van der Waals surface area contributed by atoms with Gasteiger partial charge in [-0.2, -0.15) is 5.10 Å². The molecule has 0 spiro atoms. The number of nitrogens with two attached hydrogens (primary N) is 1. The Morgan fingerprint density at radius 1 is 1.12 bits per heavy atom. The summed E-state index contributed by atoms with van der Waals surface area (Å²) in [6, 6.07) is 9.69. The molecule has 3 N–H and O–H groups in total. The van der Waals surface area contributed by atoms with Crippen molar-refractivity contribution in [2.75, 3.05) is 7.11 Å². The molecule has 0 amide bonds. The summed E-state index contributed by atoms with van der Waals surface area (Å²) in [5.41, 5.74) is 2.08. The van der Waals surface area contributed by atoms with Gasteiger partial charge in [0.1, 0.15) is 5.69 Å². The number of benzene rings is 2. The average molecular weight is 398 g/mol. The van der Waals surface area contributed by atoms with Crippen molar-refractivity contribution in [2.45, 2.75) is 4.90 Å². The zero-order chi connectivity index (χ0) is 18.2. The van der Waals surface area contributed by atoms with Gasteiger partial charge in [0.15, 0.2) is 5.75 Å². The molecule has 0 saturated carbocycles. The topological polar surface area (TPSA) is 98.1 Å². The molecule has 6 nitrogen and oxygen atoms in total. The van der Waals surface area contributed by atoms with E-state index >= 15 is 0 Å². The Kier molecular flexibility index (Phi) is 4.75. The molecule has 0 saturated heterocycles. The summed E-state index contributed by atoms with van der Waals surface area (Å²) in [5.74, 6) is 0.363. The molecule has 0 aliphatic carbocycles. The number of rotatable bonds is 4. The van der Waals surface area contributed by atoms with Gasteiger partial charge in [0.2, 0.25) is 10.0 Å². The van der Waals surface area contributed by atoms with Crippen molar-refractivity contribution in [2.24, 2.45) is 5.14 Å². The molecule has 25 heavy (non-hydrogen) atoms. The minimum atomic E-state index is -3.91. The van der Waals surface area contributed by atoms with Crippen LogP contribution in [0.25, 0.3) is 22.4 Å². The van der Waals surface area contributed by atoms with Gasteiger partial charge in [-0.3, -0.25) is 5.10 Å². The van der Waals surface area contributed by atoms with Crippen LogP contribution in [0.15, 0.2) is 47.5 Å². The summed E-state index contributed by atoms with van der Waals surface area (Å²) >= 11 is 12.4. The van der Waals surface area contributed by atoms with Gasteiger partial charge in [-0.1, -0.05) is 41.4 Å². The van der Waals surface area contributed by atoms with Gasteiger partial charge in [0.05, 0.1) is 22.1 Å². The second-order valence-electron chi connectivity index (χ2n) is 5.16. The molecule has 1 aromatic heterocycles. The predicted octanol–water partition coefficient (Wildman–Crippen LogP) is 3.71. The summed E-state index contributed by atoms with van der Waals surface area (Å²) < 4.78 is 28.9. The van der Waals surface area contributed by atoms with Gasteiger partial charge >= 0.3 is 0 Å². The highest BCUT2D eigenvalue weighted by Crippen LogP contribution is 2.40. The number of nitrogens with zero attached hydrogens (tertiary/aromatic N) is 1. The third kappa shape index (κ3) is 3.36. The Morgan fingerprint density at radius 3 is 2.36 bits per heavy atom. The van der Waals surface area contributed by atoms with Crippen molar-refractivity contribution in [1.82, 2.24) is 10.2 Å². The number of primary sulfonamides is 1. The van der Waals surface area contributed by atoms with E-state index in [1.165, 1.54) is 13.2 Å². The molecule has 0 radical (unpaired) electrons. The number of aromatic nitrogens is 2. The molecule has 0 bridgehead atoms. The first-order valence-corrected chi connectivity index (χ1v) is 9.32. The highest BCUT2D eigenvalue weighted by molar-refractivity contribution is 7.89. The zero-order valence-electron chi connectivity index (χ0n) is 13.0.